The molecular weight excluding hydrogens is 476 g/mol. The number of rotatable bonds is 10. The topological polar surface area (TPSA) is 84.9 Å². The molecule has 0 aliphatic heterocycles. The summed E-state index contributed by atoms with van der Waals surface area (Å²) in [4.78, 5) is 13.0. The summed E-state index contributed by atoms with van der Waals surface area (Å²) >= 11 is 6.11. The predicted molar refractivity (Wildman–Crippen MR) is 133 cm³/mol. The van der Waals surface area contributed by atoms with Crippen LogP contribution in [0, 0.1) is 0 Å². The lowest BCUT2D eigenvalue weighted by Crippen LogP contribution is -2.41. The summed E-state index contributed by atoms with van der Waals surface area (Å²) < 4.78 is 38.6. The molecule has 0 bridgehead atoms. The van der Waals surface area contributed by atoms with Crippen molar-refractivity contribution in [1.82, 2.24) is 5.32 Å². The van der Waals surface area contributed by atoms with E-state index in [1.807, 2.05) is 38.1 Å². The Morgan fingerprint density at radius 1 is 1.03 bits per heavy atom. The number of anilines is 1. The molecule has 1 amide bonds. The zero-order chi connectivity index (χ0) is 24.7. The van der Waals surface area contributed by atoms with E-state index in [0.29, 0.717) is 17.4 Å². The van der Waals surface area contributed by atoms with Gasteiger partial charge in [0.05, 0.1) is 30.3 Å². The van der Waals surface area contributed by atoms with Gasteiger partial charge in [0.1, 0.15) is 18.0 Å². The summed E-state index contributed by atoms with van der Waals surface area (Å²) in [6.45, 7) is 3.88. The lowest BCUT2D eigenvalue weighted by molar-refractivity contribution is -0.120. The van der Waals surface area contributed by atoms with Crippen molar-refractivity contribution < 1.29 is 22.7 Å². The Morgan fingerprint density at radius 2 is 1.68 bits per heavy atom. The Kier molecular flexibility index (Phi) is 8.41. The Balaban J connectivity index is 1.84. The summed E-state index contributed by atoms with van der Waals surface area (Å²) in [5.41, 5.74) is 1.15. The molecule has 0 aliphatic rings. The largest absolute Gasteiger partial charge is 0.497 e. The predicted octanol–water partition coefficient (Wildman–Crippen LogP) is 4.82. The van der Waals surface area contributed by atoms with E-state index >= 15 is 0 Å². The van der Waals surface area contributed by atoms with Crippen LogP contribution in [0.15, 0.2) is 77.7 Å². The monoisotopic (exact) mass is 502 g/mol. The van der Waals surface area contributed by atoms with Crippen molar-refractivity contribution in [1.29, 1.82) is 0 Å². The van der Waals surface area contributed by atoms with Gasteiger partial charge in [-0.2, -0.15) is 0 Å². The number of benzene rings is 3. The van der Waals surface area contributed by atoms with Crippen molar-refractivity contribution in [3.05, 3.63) is 83.4 Å². The fourth-order valence-corrected chi connectivity index (χ4v) is 4.94. The highest BCUT2D eigenvalue weighted by atomic mass is 35.5. The lowest BCUT2D eigenvalue weighted by Gasteiger charge is -2.25. The Hall–Kier alpha value is -3.23. The van der Waals surface area contributed by atoms with Gasteiger partial charge in [0, 0.05) is 5.02 Å². The van der Waals surface area contributed by atoms with Gasteiger partial charge in [-0.1, -0.05) is 29.8 Å². The standard InChI is InChI=1S/C25H27ClN2O5S/c1-4-33-23-10-8-19(9-11-23)18(2)27-25(29)17-28(21-7-5-6-20(26)16-21)34(30,31)24-14-12-22(32-3)13-15-24/h5-16,18H,4,17H2,1-3H3,(H,27,29)/t18-/m0/s1. The first-order valence-electron chi connectivity index (χ1n) is 10.7. The van der Waals surface area contributed by atoms with Crippen molar-refractivity contribution in [2.24, 2.45) is 0 Å². The second-order valence-corrected chi connectivity index (χ2v) is 9.76. The minimum atomic E-state index is -4.06. The van der Waals surface area contributed by atoms with E-state index in [4.69, 9.17) is 21.1 Å². The number of hydrogen-bond acceptors (Lipinski definition) is 5. The summed E-state index contributed by atoms with van der Waals surface area (Å²) in [5.74, 6) is 0.802. The zero-order valence-corrected chi connectivity index (χ0v) is 20.8. The van der Waals surface area contributed by atoms with Crippen LogP contribution >= 0.6 is 11.6 Å². The molecule has 0 heterocycles. The first kappa shape index (κ1) is 25.4. The first-order valence-corrected chi connectivity index (χ1v) is 12.5. The van der Waals surface area contributed by atoms with Crippen LogP contribution < -0.4 is 19.1 Å². The van der Waals surface area contributed by atoms with Gasteiger partial charge in [-0.05, 0) is 74.0 Å². The van der Waals surface area contributed by atoms with Gasteiger partial charge in [-0.3, -0.25) is 9.10 Å². The highest BCUT2D eigenvalue weighted by molar-refractivity contribution is 7.92. The minimum absolute atomic E-state index is 0.0284. The average Bonchev–Trinajstić information content (AvgIpc) is 2.83. The van der Waals surface area contributed by atoms with Gasteiger partial charge in [0.15, 0.2) is 0 Å². The minimum Gasteiger partial charge on any atom is -0.497 e. The maximum Gasteiger partial charge on any atom is 0.264 e. The SMILES string of the molecule is CCOc1ccc([C@H](C)NC(=O)CN(c2cccc(Cl)c2)S(=O)(=O)c2ccc(OC)cc2)cc1. The number of sulfonamides is 1. The van der Waals surface area contributed by atoms with E-state index in [9.17, 15) is 13.2 Å². The second-order valence-electron chi connectivity index (χ2n) is 7.46. The van der Waals surface area contributed by atoms with Gasteiger partial charge >= 0.3 is 0 Å². The molecule has 0 aromatic heterocycles. The van der Waals surface area contributed by atoms with Crippen molar-refractivity contribution in [3.8, 4) is 11.5 Å². The van der Waals surface area contributed by atoms with Crippen molar-refractivity contribution in [3.63, 3.8) is 0 Å². The molecular formula is C25H27ClN2O5S. The van der Waals surface area contributed by atoms with Crippen LogP contribution in [0.5, 0.6) is 11.5 Å². The van der Waals surface area contributed by atoms with Crippen LogP contribution in [0.4, 0.5) is 5.69 Å². The Bertz CT molecular complexity index is 1210. The summed E-state index contributed by atoms with van der Waals surface area (Å²) in [6.07, 6.45) is 0. The average molecular weight is 503 g/mol. The molecule has 180 valence electrons. The number of nitrogens with one attached hydrogen (secondary N) is 1. The fraction of sp³-hybridized carbons (Fsp3) is 0.240. The first-order chi connectivity index (χ1) is 16.2. The number of carbonyl (C=O) groups excluding carboxylic acids is 1. The van der Waals surface area contributed by atoms with Gasteiger partial charge in [-0.15, -0.1) is 0 Å². The number of halogens is 1. The molecule has 7 nitrogen and oxygen atoms in total. The number of nitrogens with zero attached hydrogens (tertiary/aromatic N) is 1. The van der Waals surface area contributed by atoms with Crippen LogP contribution in [-0.2, 0) is 14.8 Å². The Morgan fingerprint density at radius 3 is 2.26 bits per heavy atom. The maximum absolute atomic E-state index is 13.5. The molecule has 3 rings (SSSR count). The van der Waals surface area contributed by atoms with Crippen LogP contribution in [0.3, 0.4) is 0 Å². The molecule has 1 atom stereocenters. The number of amides is 1. The molecule has 1 N–H and O–H groups in total. The third-order valence-corrected chi connectivity index (χ3v) is 7.12. The highest BCUT2D eigenvalue weighted by Gasteiger charge is 2.28. The van der Waals surface area contributed by atoms with E-state index < -0.39 is 22.5 Å². The summed E-state index contributed by atoms with van der Waals surface area (Å²) in [7, 11) is -2.56. The van der Waals surface area contributed by atoms with Crippen molar-refractivity contribution in [2.75, 3.05) is 24.6 Å². The quantitative estimate of drug-likeness (QED) is 0.429. The van der Waals surface area contributed by atoms with Gasteiger partial charge in [0.2, 0.25) is 5.91 Å². The molecule has 0 saturated heterocycles. The second kappa shape index (κ2) is 11.3. The van der Waals surface area contributed by atoms with Crippen LogP contribution in [0.25, 0.3) is 0 Å². The third-order valence-electron chi connectivity index (χ3n) is 5.10. The number of methoxy groups -OCH3 is 1. The zero-order valence-electron chi connectivity index (χ0n) is 19.2. The molecule has 3 aromatic rings. The molecule has 34 heavy (non-hydrogen) atoms. The van der Waals surface area contributed by atoms with Gasteiger partial charge < -0.3 is 14.8 Å². The molecule has 9 heteroatoms. The Labute approximate surface area is 205 Å². The molecule has 0 unspecified atom stereocenters. The maximum atomic E-state index is 13.5. The third kappa shape index (κ3) is 6.21. The van der Waals surface area contributed by atoms with Crippen LogP contribution in [0.1, 0.15) is 25.5 Å². The number of ether oxygens (including phenoxy) is 2. The molecule has 0 spiro atoms. The van der Waals surface area contributed by atoms with E-state index in [-0.39, 0.29) is 16.6 Å². The highest BCUT2D eigenvalue weighted by Crippen LogP contribution is 2.27. The van der Waals surface area contributed by atoms with Crippen LogP contribution in [0.2, 0.25) is 5.02 Å². The van der Waals surface area contributed by atoms with E-state index in [1.54, 1.807) is 30.3 Å². The van der Waals surface area contributed by atoms with Crippen molar-refractivity contribution >= 4 is 33.2 Å². The smallest absolute Gasteiger partial charge is 0.264 e. The van der Waals surface area contributed by atoms with E-state index in [2.05, 4.69) is 5.32 Å². The molecule has 0 saturated carbocycles. The fourth-order valence-electron chi connectivity index (χ4n) is 3.34. The molecule has 0 radical (unpaired) electrons. The van der Waals surface area contributed by atoms with E-state index in [0.717, 1.165) is 15.6 Å². The summed E-state index contributed by atoms with van der Waals surface area (Å²) in [6, 6.07) is 19.4. The van der Waals surface area contributed by atoms with Crippen molar-refractivity contribution in [2.45, 2.75) is 24.8 Å². The van der Waals surface area contributed by atoms with Gasteiger partial charge in [-0.25, -0.2) is 8.42 Å². The molecule has 3 aromatic carbocycles. The summed E-state index contributed by atoms with van der Waals surface area (Å²) in [5, 5.41) is 3.22. The van der Waals surface area contributed by atoms with Crippen LogP contribution in [-0.4, -0.2) is 34.6 Å². The number of hydrogen-bond donors (Lipinski definition) is 1. The molecule has 0 aliphatic carbocycles. The normalized spacial score (nSPS) is 12.0. The molecule has 0 fully saturated rings. The lowest BCUT2D eigenvalue weighted by atomic mass is 10.1. The number of carbonyl (C=O) groups is 1. The van der Waals surface area contributed by atoms with Gasteiger partial charge in [0.25, 0.3) is 10.0 Å². The van der Waals surface area contributed by atoms with E-state index in [1.165, 1.54) is 25.3 Å².